The second kappa shape index (κ2) is 6.04. The Morgan fingerprint density at radius 3 is 2.44 bits per heavy atom. The Labute approximate surface area is 118 Å². The molecule has 1 aromatic rings. The molecule has 1 rings (SSSR count). The van der Waals surface area contributed by atoms with Crippen LogP contribution in [-0.2, 0) is 6.54 Å². The minimum Gasteiger partial charge on any atom is -0.506 e. The van der Waals surface area contributed by atoms with Crippen molar-refractivity contribution in [3.63, 3.8) is 0 Å². The van der Waals surface area contributed by atoms with Gasteiger partial charge in [-0.15, -0.1) is 0 Å². The lowest BCUT2D eigenvalue weighted by atomic mass is 9.86. The van der Waals surface area contributed by atoms with E-state index in [1.165, 1.54) is 0 Å². The first-order valence-electron chi connectivity index (χ1n) is 6.04. The van der Waals surface area contributed by atoms with Crippen molar-refractivity contribution in [3.05, 3.63) is 28.2 Å². The van der Waals surface area contributed by atoms with Crippen LogP contribution in [0.5, 0.6) is 5.75 Å². The first kappa shape index (κ1) is 15.5. The van der Waals surface area contributed by atoms with E-state index in [2.05, 4.69) is 41.6 Å². The number of hydrogen-bond acceptors (Lipinski definition) is 3. The minimum atomic E-state index is -0.00880. The molecule has 0 spiro atoms. The van der Waals surface area contributed by atoms with Gasteiger partial charge in [-0.3, -0.25) is 4.90 Å². The zero-order valence-electron chi connectivity index (χ0n) is 11.4. The van der Waals surface area contributed by atoms with Gasteiger partial charge in [0.1, 0.15) is 5.75 Å². The number of nitrogens with zero attached hydrogens (tertiary/aromatic N) is 1. The molecular formula is C14H22BrNO2. The van der Waals surface area contributed by atoms with Crippen molar-refractivity contribution in [2.45, 2.75) is 33.4 Å². The van der Waals surface area contributed by atoms with Crippen molar-refractivity contribution in [2.24, 2.45) is 5.41 Å². The second-order valence-corrected chi connectivity index (χ2v) is 6.58. The van der Waals surface area contributed by atoms with Gasteiger partial charge in [-0.25, -0.2) is 0 Å². The highest BCUT2D eigenvalue weighted by Crippen LogP contribution is 2.30. The number of aromatic hydroxyl groups is 1. The topological polar surface area (TPSA) is 43.7 Å². The number of para-hydroxylation sites is 1. The molecule has 102 valence electrons. The van der Waals surface area contributed by atoms with Gasteiger partial charge in [0.2, 0.25) is 0 Å². The maximum Gasteiger partial charge on any atom is 0.134 e. The third-order valence-corrected chi connectivity index (χ3v) is 3.83. The van der Waals surface area contributed by atoms with Crippen molar-refractivity contribution in [1.29, 1.82) is 0 Å². The predicted molar refractivity (Wildman–Crippen MR) is 77.6 cm³/mol. The van der Waals surface area contributed by atoms with E-state index < -0.39 is 0 Å². The molecule has 4 heteroatoms. The zero-order chi connectivity index (χ0) is 13.9. The van der Waals surface area contributed by atoms with Gasteiger partial charge in [-0.1, -0.05) is 32.9 Å². The Hall–Kier alpha value is -0.580. The first-order chi connectivity index (χ1) is 8.27. The molecule has 1 unspecified atom stereocenters. The van der Waals surface area contributed by atoms with E-state index in [0.717, 1.165) is 5.56 Å². The third-order valence-electron chi connectivity index (χ3n) is 3.19. The lowest BCUT2D eigenvalue weighted by molar-refractivity contribution is 0.0609. The quantitative estimate of drug-likeness (QED) is 0.897. The fourth-order valence-electron chi connectivity index (χ4n) is 2.14. The number of rotatable bonds is 4. The Bertz CT molecular complexity index is 401. The van der Waals surface area contributed by atoms with E-state index in [4.69, 9.17) is 0 Å². The van der Waals surface area contributed by atoms with Crippen LogP contribution in [0.3, 0.4) is 0 Å². The van der Waals surface area contributed by atoms with Gasteiger partial charge in [-0.2, -0.15) is 0 Å². The van der Waals surface area contributed by atoms with Crippen molar-refractivity contribution in [1.82, 2.24) is 4.90 Å². The lowest BCUT2D eigenvalue weighted by Crippen LogP contribution is -2.43. The number of benzene rings is 1. The number of phenols is 1. The number of halogens is 1. The molecule has 0 saturated heterocycles. The van der Waals surface area contributed by atoms with E-state index in [1.54, 1.807) is 0 Å². The Morgan fingerprint density at radius 1 is 1.33 bits per heavy atom. The standard InChI is InChI=1S/C14H22BrNO2/c1-14(2,3)12(9-17)16(4)8-10-6-5-7-11(15)13(10)18/h5-7,12,17-18H,8-9H2,1-4H3. The summed E-state index contributed by atoms with van der Waals surface area (Å²) in [5, 5.41) is 19.5. The van der Waals surface area contributed by atoms with Crippen molar-refractivity contribution < 1.29 is 10.2 Å². The highest BCUT2D eigenvalue weighted by atomic mass is 79.9. The monoisotopic (exact) mass is 315 g/mol. The van der Waals surface area contributed by atoms with Crippen LogP contribution >= 0.6 is 15.9 Å². The van der Waals surface area contributed by atoms with E-state index in [9.17, 15) is 10.2 Å². The molecule has 0 aromatic heterocycles. The number of phenolic OH excluding ortho intramolecular Hbond substituents is 1. The summed E-state index contributed by atoms with van der Waals surface area (Å²) < 4.78 is 0.699. The smallest absolute Gasteiger partial charge is 0.134 e. The molecule has 1 atom stereocenters. The van der Waals surface area contributed by atoms with Gasteiger partial charge in [0.25, 0.3) is 0 Å². The molecule has 2 N–H and O–H groups in total. The van der Waals surface area contributed by atoms with Crippen LogP contribution in [0.25, 0.3) is 0 Å². The normalized spacial score (nSPS) is 13.9. The molecule has 0 aliphatic carbocycles. The van der Waals surface area contributed by atoms with E-state index in [0.29, 0.717) is 11.0 Å². The van der Waals surface area contributed by atoms with Gasteiger partial charge >= 0.3 is 0 Å². The van der Waals surface area contributed by atoms with Gasteiger partial charge in [0, 0.05) is 18.2 Å². The SMILES string of the molecule is CN(Cc1cccc(Br)c1O)C(CO)C(C)(C)C. The van der Waals surface area contributed by atoms with Crippen molar-refractivity contribution in [3.8, 4) is 5.75 Å². The first-order valence-corrected chi connectivity index (χ1v) is 6.84. The average molecular weight is 316 g/mol. The summed E-state index contributed by atoms with van der Waals surface area (Å²) in [5.74, 6) is 0.273. The summed E-state index contributed by atoms with van der Waals surface area (Å²) in [6.07, 6.45) is 0. The molecular weight excluding hydrogens is 294 g/mol. The van der Waals surface area contributed by atoms with Crippen LogP contribution in [0, 0.1) is 5.41 Å². The number of aliphatic hydroxyl groups excluding tert-OH is 1. The molecule has 0 bridgehead atoms. The summed E-state index contributed by atoms with van der Waals surface area (Å²) in [7, 11) is 1.96. The fourth-order valence-corrected chi connectivity index (χ4v) is 2.55. The van der Waals surface area contributed by atoms with Gasteiger partial charge in [0.05, 0.1) is 11.1 Å². The molecule has 0 aliphatic heterocycles. The molecule has 0 saturated carbocycles. The third kappa shape index (κ3) is 3.70. The lowest BCUT2D eigenvalue weighted by Gasteiger charge is -2.37. The van der Waals surface area contributed by atoms with Crippen LogP contribution < -0.4 is 0 Å². The van der Waals surface area contributed by atoms with Crippen LogP contribution in [0.1, 0.15) is 26.3 Å². The summed E-state index contributed by atoms with van der Waals surface area (Å²) in [6, 6.07) is 5.66. The van der Waals surface area contributed by atoms with Crippen molar-refractivity contribution in [2.75, 3.05) is 13.7 Å². The Morgan fingerprint density at radius 2 is 1.94 bits per heavy atom. The summed E-state index contributed by atoms with van der Waals surface area (Å²) in [4.78, 5) is 2.07. The maximum atomic E-state index is 9.97. The van der Waals surface area contributed by atoms with Crippen LogP contribution in [0.2, 0.25) is 0 Å². The van der Waals surface area contributed by atoms with Crippen LogP contribution in [0.4, 0.5) is 0 Å². The molecule has 0 aliphatic rings. The van der Waals surface area contributed by atoms with E-state index >= 15 is 0 Å². The minimum absolute atomic E-state index is 0.00880. The molecule has 18 heavy (non-hydrogen) atoms. The number of aliphatic hydroxyl groups is 1. The summed E-state index contributed by atoms with van der Waals surface area (Å²) in [5.41, 5.74) is 0.847. The molecule has 0 fully saturated rings. The molecule has 0 radical (unpaired) electrons. The molecule has 1 aromatic carbocycles. The van der Waals surface area contributed by atoms with Crippen LogP contribution in [-0.4, -0.2) is 34.8 Å². The summed E-state index contributed by atoms with van der Waals surface area (Å²) in [6.45, 7) is 7.02. The zero-order valence-corrected chi connectivity index (χ0v) is 13.0. The number of likely N-dealkylation sites (N-methyl/N-ethyl adjacent to an activating group) is 1. The second-order valence-electron chi connectivity index (χ2n) is 5.73. The Balaban J connectivity index is 2.87. The van der Waals surface area contributed by atoms with Gasteiger partial charge in [-0.05, 0) is 34.5 Å². The highest BCUT2D eigenvalue weighted by Gasteiger charge is 2.28. The largest absolute Gasteiger partial charge is 0.506 e. The molecule has 3 nitrogen and oxygen atoms in total. The van der Waals surface area contributed by atoms with E-state index in [1.807, 2.05) is 25.2 Å². The Kier molecular flexibility index (Phi) is 5.20. The highest BCUT2D eigenvalue weighted by molar-refractivity contribution is 9.10. The average Bonchev–Trinajstić information content (AvgIpc) is 2.23. The summed E-state index contributed by atoms with van der Waals surface area (Å²) >= 11 is 3.31. The van der Waals surface area contributed by atoms with Gasteiger partial charge in [0.15, 0.2) is 0 Å². The van der Waals surface area contributed by atoms with E-state index in [-0.39, 0.29) is 23.8 Å². The van der Waals surface area contributed by atoms with Gasteiger partial charge < -0.3 is 10.2 Å². The van der Waals surface area contributed by atoms with Crippen molar-refractivity contribution >= 4 is 15.9 Å². The molecule has 0 heterocycles. The molecule has 0 amide bonds. The maximum absolute atomic E-state index is 9.97. The predicted octanol–water partition coefficient (Wildman–Crippen LogP) is 2.99. The number of hydrogen-bond donors (Lipinski definition) is 2. The van der Waals surface area contributed by atoms with Crippen LogP contribution in [0.15, 0.2) is 22.7 Å². The fraction of sp³-hybridized carbons (Fsp3) is 0.571.